The Kier molecular flexibility index (Phi) is 4.27. The lowest BCUT2D eigenvalue weighted by atomic mass is 10.1. The van der Waals surface area contributed by atoms with Crippen LogP contribution in [0.15, 0.2) is 54.3 Å². The second kappa shape index (κ2) is 6.37. The molecular formula is C18H14ClNO4. The molecule has 0 bridgehead atoms. The second-order valence-corrected chi connectivity index (χ2v) is 5.76. The lowest BCUT2D eigenvalue weighted by Gasteiger charge is -2.33. The summed E-state index contributed by atoms with van der Waals surface area (Å²) in [5.41, 5.74) is 1.12. The molecule has 0 saturated heterocycles. The van der Waals surface area contributed by atoms with Crippen LogP contribution in [0, 0.1) is 0 Å². The van der Waals surface area contributed by atoms with E-state index in [1.54, 1.807) is 18.2 Å². The van der Waals surface area contributed by atoms with Crippen LogP contribution >= 0.6 is 11.6 Å². The summed E-state index contributed by atoms with van der Waals surface area (Å²) in [6.45, 7) is 1.44. The molecule has 2 aromatic rings. The lowest BCUT2D eigenvalue weighted by Crippen LogP contribution is -2.47. The summed E-state index contributed by atoms with van der Waals surface area (Å²) < 4.78 is 5.68. The van der Waals surface area contributed by atoms with Crippen LogP contribution in [0.2, 0.25) is 5.02 Å². The predicted octanol–water partition coefficient (Wildman–Crippen LogP) is 3.58. The van der Waals surface area contributed by atoms with Gasteiger partial charge in [0.25, 0.3) is 5.91 Å². The molecule has 122 valence electrons. The number of rotatable bonds is 3. The Hall–Kier alpha value is -2.79. The molecule has 3 rings (SSSR count). The first-order valence-electron chi connectivity index (χ1n) is 7.28. The van der Waals surface area contributed by atoms with E-state index in [2.05, 4.69) is 0 Å². The van der Waals surface area contributed by atoms with E-state index >= 15 is 0 Å². The van der Waals surface area contributed by atoms with E-state index in [0.717, 1.165) is 5.56 Å². The number of aliphatic carboxylic acids is 1. The highest BCUT2D eigenvalue weighted by Crippen LogP contribution is 2.38. The first-order valence-corrected chi connectivity index (χ1v) is 7.65. The maximum absolute atomic E-state index is 12.8. The standard InChI is InChI=1S/C18H14ClNO4/c1-11(18(22)23)20-14-10-13(19)7-8-15(14)24-16(17(20)21)9-12-5-3-2-4-6-12/h2-11H,1H3,(H,22,23)/b16-9+. The van der Waals surface area contributed by atoms with Gasteiger partial charge < -0.3 is 9.84 Å². The van der Waals surface area contributed by atoms with Gasteiger partial charge in [0.05, 0.1) is 5.69 Å². The van der Waals surface area contributed by atoms with Gasteiger partial charge >= 0.3 is 5.97 Å². The molecule has 0 radical (unpaired) electrons. The average molecular weight is 344 g/mol. The number of carbonyl (C=O) groups excluding carboxylic acids is 1. The predicted molar refractivity (Wildman–Crippen MR) is 91.1 cm³/mol. The Bertz CT molecular complexity index is 832. The number of hydrogen-bond acceptors (Lipinski definition) is 3. The zero-order valence-electron chi connectivity index (χ0n) is 12.8. The van der Waals surface area contributed by atoms with Crippen LogP contribution < -0.4 is 9.64 Å². The van der Waals surface area contributed by atoms with Gasteiger partial charge in [-0.15, -0.1) is 0 Å². The number of carboxylic acids is 1. The van der Waals surface area contributed by atoms with Crippen molar-refractivity contribution in [3.63, 3.8) is 0 Å². The number of anilines is 1. The zero-order chi connectivity index (χ0) is 17.3. The fourth-order valence-electron chi connectivity index (χ4n) is 2.44. The molecular weight excluding hydrogens is 330 g/mol. The third-order valence-corrected chi connectivity index (χ3v) is 3.91. The number of fused-ring (bicyclic) bond motifs is 1. The summed E-state index contributed by atoms with van der Waals surface area (Å²) in [5.74, 6) is -1.20. The van der Waals surface area contributed by atoms with Crippen LogP contribution in [0.1, 0.15) is 12.5 Å². The van der Waals surface area contributed by atoms with Crippen molar-refractivity contribution >= 4 is 35.2 Å². The molecule has 1 unspecified atom stereocenters. The summed E-state index contributed by atoms with van der Waals surface area (Å²) in [7, 11) is 0. The number of amides is 1. The monoisotopic (exact) mass is 343 g/mol. The van der Waals surface area contributed by atoms with E-state index in [-0.39, 0.29) is 5.76 Å². The number of halogens is 1. The highest BCUT2D eigenvalue weighted by molar-refractivity contribution is 6.31. The molecule has 1 aliphatic heterocycles. The molecule has 1 amide bonds. The molecule has 1 N–H and O–H groups in total. The van der Waals surface area contributed by atoms with Crippen molar-refractivity contribution in [3.05, 3.63) is 64.9 Å². The second-order valence-electron chi connectivity index (χ2n) is 5.32. The van der Waals surface area contributed by atoms with Crippen LogP contribution in [0.25, 0.3) is 6.08 Å². The van der Waals surface area contributed by atoms with Crippen molar-refractivity contribution in [3.8, 4) is 5.75 Å². The fraction of sp³-hybridized carbons (Fsp3) is 0.111. The number of carbonyl (C=O) groups is 2. The quantitative estimate of drug-likeness (QED) is 0.865. The van der Waals surface area contributed by atoms with E-state index in [0.29, 0.717) is 16.5 Å². The van der Waals surface area contributed by atoms with E-state index in [1.807, 2.05) is 30.3 Å². The number of ether oxygens (including phenoxy) is 1. The molecule has 0 fully saturated rings. The smallest absolute Gasteiger partial charge is 0.326 e. The number of carboxylic acid groups (broad SMARTS) is 1. The van der Waals surface area contributed by atoms with Gasteiger partial charge in [-0.25, -0.2) is 4.79 Å². The molecule has 5 nitrogen and oxygen atoms in total. The molecule has 1 heterocycles. The van der Waals surface area contributed by atoms with Gasteiger partial charge in [0.2, 0.25) is 0 Å². The molecule has 1 aliphatic rings. The first kappa shape index (κ1) is 16.1. The van der Waals surface area contributed by atoms with Gasteiger partial charge in [0, 0.05) is 5.02 Å². The molecule has 0 aliphatic carbocycles. The van der Waals surface area contributed by atoms with Gasteiger partial charge in [0.15, 0.2) is 11.5 Å². The SMILES string of the molecule is CC(C(=O)O)N1C(=O)/C(=C\c2ccccc2)Oc2ccc(Cl)cc21. The fourth-order valence-corrected chi connectivity index (χ4v) is 2.61. The average Bonchev–Trinajstić information content (AvgIpc) is 2.56. The summed E-state index contributed by atoms with van der Waals surface area (Å²) in [5, 5.41) is 9.73. The minimum absolute atomic E-state index is 0.0594. The Morgan fingerprint density at radius 3 is 2.62 bits per heavy atom. The van der Waals surface area contributed by atoms with Gasteiger partial charge in [-0.3, -0.25) is 9.69 Å². The van der Waals surface area contributed by atoms with Crippen molar-refractivity contribution in [1.82, 2.24) is 0 Å². The maximum Gasteiger partial charge on any atom is 0.326 e. The van der Waals surface area contributed by atoms with Crippen LogP contribution in [0.3, 0.4) is 0 Å². The van der Waals surface area contributed by atoms with Gasteiger partial charge in [0.1, 0.15) is 6.04 Å². The van der Waals surface area contributed by atoms with Gasteiger partial charge in [-0.2, -0.15) is 0 Å². The molecule has 6 heteroatoms. The topological polar surface area (TPSA) is 66.8 Å². The molecule has 0 aromatic heterocycles. The minimum Gasteiger partial charge on any atom is -0.480 e. The Morgan fingerprint density at radius 2 is 1.96 bits per heavy atom. The third-order valence-electron chi connectivity index (χ3n) is 3.67. The highest BCUT2D eigenvalue weighted by atomic mass is 35.5. The highest BCUT2D eigenvalue weighted by Gasteiger charge is 2.36. The molecule has 1 atom stereocenters. The summed E-state index contributed by atoms with van der Waals surface area (Å²) in [4.78, 5) is 25.4. The Balaban J connectivity index is 2.11. The van der Waals surface area contributed by atoms with E-state index in [9.17, 15) is 14.7 Å². The van der Waals surface area contributed by atoms with Crippen LogP contribution in [-0.2, 0) is 9.59 Å². The van der Waals surface area contributed by atoms with E-state index in [4.69, 9.17) is 16.3 Å². The van der Waals surface area contributed by atoms with E-state index in [1.165, 1.54) is 17.9 Å². The maximum atomic E-state index is 12.8. The van der Waals surface area contributed by atoms with Crippen molar-refractivity contribution in [1.29, 1.82) is 0 Å². The number of nitrogens with zero attached hydrogens (tertiary/aromatic N) is 1. The largest absolute Gasteiger partial charge is 0.480 e. The number of hydrogen-bond donors (Lipinski definition) is 1. The molecule has 2 aromatic carbocycles. The minimum atomic E-state index is -1.12. The Morgan fingerprint density at radius 1 is 1.25 bits per heavy atom. The van der Waals surface area contributed by atoms with Crippen LogP contribution in [-0.4, -0.2) is 23.0 Å². The van der Waals surface area contributed by atoms with Crippen molar-refractivity contribution in [2.75, 3.05) is 4.90 Å². The summed E-state index contributed by atoms with van der Waals surface area (Å²) >= 11 is 5.98. The summed E-state index contributed by atoms with van der Waals surface area (Å²) in [6.07, 6.45) is 1.58. The van der Waals surface area contributed by atoms with Crippen molar-refractivity contribution < 1.29 is 19.4 Å². The third kappa shape index (κ3) is 2.98. The molecule has 0 spiro atoms. The number of benzene rings is 2. The molecule has 24 heavy (non-hydrogen) atoms. The molecule has 0 saturated carbocycles. The van der Waals surface area contributed by atoms with Gasteiger partial charge in [-0.1, -0.05) is 41.9 Å². The normalized spacial score (nSPS) is 16.5. The van der Waals surface area contributed by atoms with Gasteiger partial charge in [-0.05, 0) is 36.8 Å². The Labute approximate surface area is 143 Å². The van der Waals surface area contributed by atoms with Crippen LogP contribution in [0.4, 0.5) is 5.69 Å². The van der Waals surface area contributed by atoms with Crippen molar-refractivity contribution in [2.45, 2.75) is 13.0 Å². The van der Waals surface area contributed by atoms with Crippen molar-refractivity contribution in [2.24, 2.45) is 0 Å². The summed E-state index contributed by atoms with van der Waals surface area (Å²) in [6, 6.07) is 12.9. The lowest BCUT2D eigenvalue weighted by molar-refractivity contribution is -0.139. The van der Waals surface area contributed by atoms with Crippen LogP contribution in [0.5, 0.6) is 5.75 Å². The van der Waals surface area contributed by atoms with E-state index < -0.39 is 17.9 Å². The first-order chi connectivity index (χ1) is 11.5. The zero-order valence-corrected chi connectivity index (χ0v) is 13.5.